The minimum atomic E-state index is -0.150. The molecular formula is C17H16N2O2S. The fraction of sp³-hybridized carbons (Fsp3) is 0.176. The number of fused-ring (bicyclic) bond motifs is 1. The van der Waals surface area contributed by atoms with Crippen LogP contribution in [0.2, 0.25) is 0 Å². The summed E-state index contributed by atoms with van der Waals surface area (Å²) in [7, 11) is 0. The van der Waals surface area contributed by atoms with Gasteiger partial charge in [-0.05, 0) is 31.2 Å². The lowest BCUT2D eigenvalue weighted by Crippen LogP contribution is -2.23. The van der Waals surface area contributed by atoms with E-state index in [1.54, 1.807) is 23.5 Å². The van der Waals surface area contributed by atoms with Gasteiger partial charge in [0, 0.05) is 0 Å². The smallest absolute Gasteiger partial charge is 0.255 e. The van der Waals surface area contributed by atoms with Crippen molar-refractivity contribution in [3.8, 4) is 5.75 Å². The zero-order valence-corrected chi connectivity index (χ0v) is 13.0. The molecule has 3 rings (SSSR count). The van der Waals surface area contributed by atoms with Crippen molar-refractivity contribution in [2.24, 2.45) is 0 Å². The van der Waals surface area contributed by atoms with Gasteiger partial charge in [-0.2, -0.15) is 0 Å². The predicted octanol–water partition coefficient (Wildman–Crippen LogP) is 3.63. The number of ether oxygens (including phenoxy) is 1. The van der Waals surface area contributed by atoms with Crippen LogP contribution in [0.15, 0.2) is 48.5 Å². The predicted molar refractivity (Wildman–Crippen MR) is 88.4 cm³/mol. The van der Waals surface area contributed by atoms with Gasteiger partial charge < -0.3 is 10.1 Å². The van der Waals surface area contributed by atoms with Crippen molar-refractivity contribution in [2.45, 2.75) is 13.5 Å². The van der Waals surface area contributed by atoms with Gasteiger partial charge in [0.2, 0.25) is 0 Å². The molecule has 0 fully saturated rings. The van der Waals surface area contributed by atoms with E-state index < -0.39 is 0 Å². The van der Waals surface area contributed by atoms with Crippen molar-refractivity contribution in [2.75, 3.05) is 6.61 Å². The molecule has 22 heavy (non-hydrogen) atoms. The average molecular weight is 312 g/mol. The van der Waals surface area contributed by atoms with Crippen LogP contribution < -0.4 is 10.1 Å². The van der Waals surface area contributed by atoms with Crippen LogP contribution in [0.25, 0.3) is 10.2 Å². The number of thiazole rings is 1. The fourth-order valence-corrected chi connectivity index (χ4v) is 3.09. The molecule has 0 saturated heterocycles. The molecular weight excluding hydrogens is 296 g/mol. The summed E-state index contributed by atoms with van der Waals surface area (Å²) >= 11 is 1.59. The summed E-state index contributed by atoms with van der Waals surface area (Å²) in [5, 5.41) is 3.80. The van der Waals surface area contributed by atoms with Gasteiger partial charge in [-0.1, -0.05) is 24.3 Å². The molecule has 0 saturated carbocycles. The molecule has 1 aromatic heterocycles. The standard InChI is InChI=1S/C17H16N2O2S/c1-2-21-14-9-5-3-7-12(14)17(20)18-11-16-19-13-8-4-6-10-15(13)22-16/h3-10H,2,11H2,1H3,(H,18,20). The van der Waals surface area contributed by atoms with Crippen LogP contribution in [0.5, 0.6) is 5.75 Å². The quantitative estimate of drug-likeness (QED) is 0.783. The Bertz CT molecular complexity index is 765. The molecule has 1 N–H and O–H groups in total. The number of nitrogens with one attached hydrogen (secondary N) is 1. The Morgan fingerprint density at radius 2 is 1.95 bits per heavy atom. The Morgan fingerprint density at radius 3 is 2.77 bits per heavy atom. The average Bonchev–Trinajstić information content (AvgIpc) is 2.96. The van der Waals surface area contributed by atoms with E-state index in [2.05, 4.69) is 10.3 Å². The first-order chi connectivity index (χ1) is 10.8. The molecule has 0 unspecified atom stereocenters. The van der Waals surface area contributed by atoms with E-state index in [9.17, 15) is 4.79 Å². The highest BCUT2D eigenvalue weighted by atomic mass is 32.1. The lowest BCUT2D eigenvalue weighted by Gasteiger charge is -2.09. The van der Waals surface area contributed by atoms with Crippen molar-refractivity contribution in [1.82, 2.24) is 10.3 Å². The number of amides is 1. The molecule has 0 radical (unpaired) electrons. The molecule has 0 atom stereocenters. The third-order valence-corrected chi connectivity index (χ3v) is 4.21. The van der Waals surface area contributed by atoms with E-state index in [1.165, 1.54) is 0 Å². The summed E-state index contributed by atoms with van der Waals surface area (Å²) in [6.45, 7) is 2.84. The van der Waals surface area contributed by atoms with Crippen LogP contribution in [0.1, 0.15) is 22.3 Å². The molecule has 112 valence electrons. The summed E-state index contributed by atoms with van der Waals surface area (Å²) in [5.74, 6) is 0.454. The van der Waals surface area contributed by atoms with Gasteiger partial charge in [-0.15, -0.1) is 11.3 Å². The van der Waals surface area contributed by atoms with Gasteiger partial charge in [0.1, 0.15) is 10.8 Å². The van der Waals surface area contributed by atoms with E-state index in [1.807, 2.05) is 43.3 Å². The molecule has 0 bridgehead atoms. The minimum absolute atomic E-state index is 0.150. The summed E-state index contributed by atoms with van der Waals surface area (Å²) in [4.78, 5) is 16.8. The Balaban J connectivity index is 1.72. The molecule has 4 nitrogen and oxygen atoms in total. The highest BCUT2D eigenvalue weighted by Gasteiger charge is 2.12. The van der Waals surface area contributed by atoms with Gasteiger partial charge in [0.25, 0.3) is 5.91 Å². The van der Waals surface area contributed by atoms with Crippen LogP contribution in [0, 0.1) is 0 Å². The lowest BCUT2D eigenvalue weighted by atomic mass is 10.2. The van der Waals surface area contributed by atoms with Crippen LogP contribution in [-0.4, -0.2) is 17.5 Å². The van der Waals surface area contributed by atoms with Crippen LogP contribution in [0.3, 0.4) is 0 Å². The third kappa shape index (κ3) is 3.09. The number of rotatable bonds is 5. The maximum Gasteiger partial charge on any atom is 0.255 e. The van der Waals surface area contributed by atoms with Crippen molar-refractivity contribution < 1.29 is 9.53 Å². The second-order valence-corrected chi connectivity index (χ2v) is 5.80. The molecule has 2 aromatic carbocycles. The Morgan fingerprint density at radius 1 is 1.18 bits per heavy atom. The monoisotopic (exact) mass is 312 g/mol. The lowest BCUT2D eigenvalue weighted by molar-refractivity contribution is 0.0947. The number of nitrogens with zero attached hydrogens (tertiary/aromatic N) is 1. The first kappa shape index (κ1) is 14.5. The number of hydrogen-bond donors (Lipinski definition) is 1. The van der Waals surface area contributed by atoms with E-state index in [0.717, 1.165) is 15.2 Å². The molecule has 1 heterocycles. The van der Waals surface area contributed by atoms with Crippen LogP contribution in [0.4, 0.5) is 0 Å². The maximum absolute atomic E-state index is 12.3. The molecule has 5 heteroatoms. The normalized spacial score (nSPS) is 10.6. The summed E-state index contributed by atoms with van der Waals surface area (Å²) in [6, 6.07) is 15.2. The first-order valence-electron chi connectivity index (χ1n) is 7.12. The molecule has 0 aliphatic carbocycles. The molecule has 0 spiro atoms. The Labute approximate surface area is 132 Å². The van der Waals surface area contributed by atoms with Crippen molar-refractivity contribution >= 4 is 27.5 Å². The van der Waals surface area contributed by atoms with Gasteiger partial charge in [-0.25, -0.2) is 4.98 Å². The molecule has 1 amide bonds. The van der Waals surface area contributed by atoms with Gasteiger partial charge in [0.15, 0.2) is 0 Å². The SMILES string of the molecule is CCOc1ccccc1C(=O)NCc1nc2ccccc2s1. The van der Waals surface area contributed by atoms with Gasteiger partial charge >= 0.3 is 0 Å². The summed E-state index contributed by atoms with van der Waals surface area (Å²) < 4.78 is 6.61. The van der Waals surface area contributed by atoms with E-state index >= 15 is 0 Å². The fourth-order valence-electron chi connectivity index (χ4n) is 2.18. The zero-order valence-electron chi connectivity index (χ0n) is 12.2. The first-order valence-corrected chi connectivity index (χ1v) is 7.94. The summed E-state index contributed by atoms with van der Waals surface area (Å²) in [6.07, 6.45) is 0. The third-order valence-electron chi connectivity index (χ3n) is 3.17. The maximum atomic E-state index is 12.3. The number of para-hydroxylation sites is 2. The molecule has 3 aromatic rings. The van der Waals surface area contributed by atoms with Crippen molar-refractivity contribution in [1.29, 1.82) is 0 Å². The highest BCUT2D eigenvalue weighted by Crippen LogP contribution is 2.22. The highest BCUT2D eigenvalue weighted by molar-refractivity contribution is 7.18. The molecule has 0 aliphatic heterocycles. The van der Waals surface area contributed by atoms with Gasteiger partial charge in [0.05, 0.1) is 28.9 Å². The number of hydrogen-bond acceptors (Lipinski definition) is 4. The summed E-state index contributed by atoms with van der Waals surface area (Å²) in [5.41, 5.74) is 1.51. The number of benzene rings is 2. The number of carbonyl (C=O) groups is 1. The second-order valence-electron chi connectivity index (χ2n) is 4.69. The Hall–Kier alpha value is -2.40. The van der Waals surface area contributed by atoms with E-state index in [0.29, 0.717) is 24.5 Å². The van der Waals surface area contributed by atoms with E-state index in [-0.39, 0.29) is 5.91 Å². The van der Waals surface area contributed by atoms with Crippen molar-refractivity contribution in [3.63, 3.8) is 0 Å². The van der Waals surface area contributed by atoms with Gasteiger partial charge in [-0.3, -0.25) is 4.79 Å². The zero-order chi connectivity index (χ0) is 15.4. The number of aromatic nitrogens is 1. The Kier molecular flexibility index (Phi) is 4.34. The van der Waals surface area contributed by atoms with Crippen LogP contribution >= 0.6 is 11.3 Å². The number of carbonyl (C=O) groups excluding carboxylic acids is 1. The largest absolute Gasteiger partial charge is 0.493 e. The van der Waals surface area contributed by atoms with E-state index in [4.69, 9.17) is 4.74 Å². The van der Waals surface area contributed by atoms with Crippen molar-refractivity contribution in [3.05, 3.63) is 59.1 Å². The second kappa shape index (κ2) is 6.58. The minimum Gasteiger partial charge on any atom is -0.493 e. The van der Waals surface area contributed by atoms with Crippen LogP contribution in [-0.2, 0) is 6.54 Å². The molecule has 0 aliphatic rings. The topological polar surface area (TPSA) is 51.2 Å².